The van der Waals surface area contributed by atoms with Crippen LogP contribution in [0.25, 0.3) is 0 Å². The highest BCUT2D eigenvalue weighted by Gasteiger charge is 2.47. The fourth-order valence-corrected chi connectivity index (χ4v) is 2.07. The average Bonchev–Trinajstić information content (AvgIpc) is 2.70. The first-order valence-electron chi connectivity index (χ1n) is 5.89. The second-order valence-electron chi connectivity index (χ2n) is 4.59. The Bertz CT molecular complexity index is 289. The van der Waals surface area contributed by atoms with E-state index >= 15 is 0 Å². The predicted octanol–water partition coefficient (Wildman–Crippen LogP) is -4.12. The number of aliphatic hydroxyl groups is 6. The van der Waals surface area contributed by atoms with Crippen LogP contribution in [-0.2, 0) is 14.2 Å². The van der Waals surface area contributed by atoms with E-state index in [9.17, 15) is 25.5 Å². The summed E-state index contributed by atoms with van der Waals surface area (Å²) in [4.78, 5) is 0. The molecule has 0 aromatic carbocycles. The van der Waals surface area contributed by atoms with E-state index in [0.29, 0.717) is 0 Å². The molecule has 9 nitrogen and oxygen atoms in total. The lowest BCUT2D eigenvalue weighted by molar-refractivity contribution is -0.324. The van der Waals surface area contributed by atoms with Crippen LogP contribution in [0.5, 0.6) is 0 Å². The molecule has 0 amide bonds. The van der Waals surface area contributed by atoms with Gasteiger partial charge in [-0.3, -0.25) is 0 Å². The Morgan fingerprint density at radius 3 is 2.21 bits per heavy atom. The zero-order valence-corrected chi connectivity index (χ0v) is 9.94. The van der Waals surface area contributed by atoms with Crippen molar-refractivity contribution in [1.82, 2.24) is 0 Å². The van der Waals surface area contributed by atoms with Gasteiger partial charge in [-0.15, -0.1) is 0 Å². The highest BCUT2D eigenvalue weighted by atomic mass is 16.7. The van der Waals surface area contributed by atoms with Gasteiger partial charge < -0.3 is 44.8 Å². The third kappa shape index (κ3) is 2.89. The van der Waals surface area contributed by atoms with Gasteiger partial charge in [0.1, 0.15) is 36.6 Å². The van der Waals surface area contributed by atoms with E-state index in [-0.39, 0.29) is 6.61 Å². The third-order valence-electron chi connectivity index (χ3n) is 3.24. The quantitative estimate of drug-likeness (QED) is 0.303. The van der Waals surface area contributed by atoms with Gasteiger partial charge in [-0.05, 0) is 0 Å². The fourth-order valence-electron chi connectivity index (χ4n) is 2.07. The first kappa shape index (κ1) is 15.0. The summed E-state index contributed by atoms with van der Waals surface area (Å²) in [6.07, 6.45) is -10.8. The molecule has 0 spiro atoms. The Kier molecular flexibility index (Phi) is 4.71. The Labute approximate surface area is 108 Å². The van der Waals surface area contributed by atoms with Gasteiger partial charge in [0.15, 0.2) is 12.6 Å². The molecule has 9 heteroatoms. The van der Waals surface area contributed by atoms with Crippen molar-refractivity contribution < 1.29 is 44.8 Å². The van der Waals surface area contributed by atoms with Crippen molar-refractivity contribution >= 4 is 0 Å². The highest BCUT2D eigenvalue weighted by Crippen LogP contribution is 2.26. The van der Waals surface area contributed by atoms with Crippen LogP contribution in [0.3, 0.4) is 0 Å². The van der Waals surface area contributed by atoms with Crippen LogP contribution in [0, 0.1) is 0 Å². The predicted molar refractivity (Wildman–Crippen MR) is 56.6 cm³/mol. The molecule has 2 saturated heterocycles. The normalized spacial score (nSPS) is 51.5. The molecule has 2 aliphatic rings. The number of hydrogen-bond acceptors (Lipinski definition) is 9. The van der Waals surface area contributed by atoms with E-state index in [1.807, 2.05) is 0 Å². The number of rotatable bonds is 3. The summed E-state index contributed by atoms with van der Waals surface area (Å²) < 4.78 is 15.0. The van der Waals surface area contributed by atoms with Crippen LogP contribution in [0.4, 0.5) is 0 Å². The average molecular weight is 282 g/mol. The minimum absolute atomic E-state index is 0.136. The summed E-state index contributed by atoms with van der Waals surface area (Å²) in [5.74, 6) is 0. The van der Waals surface area contributed by atoms with Gasteiger partial charge in [-0.1, -0.05) is 0 Å². The molecule has 0 aromatic heterocycles. The van der Waals surface area contributed by atoms with Gasteiger partial charge in [0.25, 0.3) is 0 Å². The summed E-state index contributed by atoms with van der Waals surface area (Å²) in [6, 6.07) is 0. The SMILES string of the molecule is OC[C@H]1O[C@@H](O[C@H]2[C@H](O)OC[C@@H]2O)[C@H](O)[C@@H](O)[C@@H]1O. The number of hydrogen-bond donors (Lipinski definition) is 6. The first-order chi connectivity index (χ1) is 8.95. The maximum Gasteiger partial charge on any atom is 0.187 e. The summed E-state index contributed by atoms with van der Waals surface area (Å²) in [6.45, 7) is -0.722. The van der Waals surface area contributed by atoms with Crippen molar-refractivity contribution in [3.63, 3.8) is 0 Å². The van der Waals surface area contributed by atoms with Crippen molar-refractivity contribution in [2.75, 3.05) is 13.2 Å². The maximum atomic E-state index is 9.71. The molecule has 2 fully saturated rings. The summed E-state index contributed by atoms with van der Waals surface area (Å²) in [5.41, 5.74) is 0. The highest BCUT2D eigenvalue weighted by molar-refractivity contribution is 4.90. The Morgan fingerprint density at radius 1 is 1.00 bits per heavy atom. The minimum Gasteiger partial charge on any atom is -0.394 e. The molecule has 0 saturated carbocycles. The Hall–Kier alpha value is -0.360. The van der Waals surface area contributed by atoms with Crippen molar-refractivity contribution in [3.8, 4) is 0 Å². The topological polar surface area (TPSA) is 149 Å². The van der Waals surface area contributed by atoms with Gasteiger partial charge in [0, 0.05) is 0 Å². The van der Waals surface area contributed by atoms with E-state index in [1.165, 1.54) is 0 Å². The molecular weight excluding hydrogens is 264 g/mol. The maximum absolute atomic E-state index is 9.71. The molecule has 6 N–H and O–H groups in total. The van der Waals surface area contributed by atoms with Gasteiger partial charge in [0.2, 0.25) is 0 Å². The summed E-state index contributed by atoms with van der Waals surface area (Å²) in [7, 11) is 0. The smallest absolute Gasteiger partial charge is 0.187 e. The van der Waals surface area contributed by atoms with Crippen LogP contribution in [0.15, 0.2) is 0 Å². The lowest BCUT2D eigenvalue weighted by Crippen LogP contribution is -2.60. The molecule has 0 aromatic rings. The van der Waals surface area contributed by atoms with Crippen LogP contribution in [0.1, 0.15) is 0 Å². The van der Waals surface area contributed by atoms with Crippen molar-refractivity contribution in [2.45, 2.75) is 49.2 Å². The van der Waals surface area contributed by atoms with Crippen LogP contribution >= 0.6 is 0 Å². The Morgan fingerprint density at radius 2 is 1.68 bits per heavy atom. The second kappa shape index (κ2) is 5.95. The van der Waals surface area contributed by atoms with Gasteiger partial charge in [-0.25, -0.2) is 0 Å². The second-order valence-corrected chi connectivity index (χ2v) is 4.59. The Balaban J connectivity index is 2.02. The van der Waals surface area contributed by atoms with Crippen LogP contribution in [-0.4, -0.2) is 93.1 Å². The summed E-state index contributed by atoms with van der Waals surface area (Å²) >= 11 is 0. The minimum atomic E-state index is -1.59. The fraction of sp³-hybridized carbons (Fsp3) is 1.00. The van der Waals surface area contributed by atoms with Crippen molar-refractivity contribution in [3.05, 3.63) is 0 Å². The first-order valence-corrected chi connectivity index (χ1v) is 5.89. The van der Waals surface area contributed by atoms with Gasteiger partial charge >= 0.3 is 0 Å². The third-order valence-corrected chi connectivity index (χ3v) is 3.24. The lowest BCUT2D eigenvalue weighted by atomic mass is 9.99. The van der Waals surface area contributed by atoms with E-state index < -0.39 is 55.8 Å². The molecule has 8 atom stereocenters. The lowest BCUT2D eigenvalue weighted by Gasteiger charge is -2.40. The zero-order valence-electron chi connectivity index (χ0n) is 9.94. The van der Waals surface area contributed by atoms with Crippen molar-refractivity contribution in [2.24, 2.45) is 0 Å². The molecule has 2 heterocycles. The molecule has 0 aliphatic carbocycles. The zero-order chi connectivity index (χ0) is 14.2. The standard InChI is InChI=1S/C10H18O9/c11-1-4-5(13)6(14)7(15)10(18-4)19-8-3(12)2-17-9(8)16/h3-16H,1-2H2/t3-,4+,5+,6-,7+,8+,9+,10-/m0/s1. The van der Waals surface area contributed by atoms with Gasteiger partial charge in [-0.2, -0.15) is 0 Å². The number of aliphatic hydroxyl groups excluding tert-OH is 6. The number of ether oxygens (including phenoxy) is 3. The molecule has 0 unspecified atom stereocenters. The molecule has 112 valence electrons. The van der Waals surface area contributed by atoms with E-state index in [2.05, 4.69) is 0 Å². The molecule has 0 radical (unpaired) electrons. The van der Waals surface area contributed by atoms with E-state index in [0.717, 1.165) is 0 Å². The van der Waals surface area contributed by atoms with Crippen LogP contribution in [0.2, 0.25) is 0 Å². The van der Waals surface area contributed by atoms with E-state index in [4.69, 9.17) is 19.3 Å². The molecular formula is C10H18O9. The van der Waals surface area contributed by atoms with Crippen LogP contribution < -0.4 is 0 Å². The summed E-state index contributed by atoms with van der Waals surface area (Å²) in [5, 5.41) is 56.7. The molecule has 2 aliphatic heterocycles. The molecule has 19 heavy (non-hydrogen) atoms. The molecule has 0 bridgehead atoms. The molecule has 2 rings (SSSR count). The largest absolute Gasteiger partial charge is 0.394 e. The van der Waals surface area contributed by atoms with E-state index in [1.54, 1.807) is 0 Å². The van der Waals surface area contributed by atoms with Crippen molar-refractivity contribution in [1.29, 1.82) is 0 Å². The monoisotopic (exact) mass is 282 g/mol. The van der Waals surface area contributed by atoms with Gasteiger partial charge in [0.05, 0.1) is 13.2 Å².